The van der Waals surface area contributed by atoms with Crippen molar-refractivity contribution in [3.05, 3.63) is 46.2 Å². The number of nitrogens with zero attached hydrogens (tertiary/aromatic N) is 2. The highest BCUT2D eigenvalue weighted by Gasteiger charge is 2.12. The molecule has 72 valence electrons. The summed E-state index contributed by atoms with van der Waals surface area (Å²) in [6.45, 7) is 2.01. The number of aromatic nitrogens is 2. The second kappa shape index (κ2) is 3.86. The normalized spacial score (nSPS) is 12.7. The molecule has 0 amide bonds. The molecule has 0 aromatic carbocycles. The van der Waals surface area contributed by atoms with Crippen LogP contribution in [0, 0.1) is 6.92 Å². The molecular weight excluding hydrogens is 194 g/mol. The molecule has 4 heteroatoms. The molecule has 0 aliphatic heterocycles. The Labute approximate surface area is 86.6 Å². The van der Waals surface area contributed by atoms with Crippen molar-refractivity contribution in [2.75, 3.05) is 0 Å². The standard InChI is InChI=1S/C10H11N3S/c1-7-4-12-3-2-8(7)10(11)9-5-14-6-13-9/h2-6,10H,11H2,1H3. The zero-order valence-electron chi connectivity index (χ0n) is 7.84. The van der Waals surface area contributed by atoms with Crippen molar-refractivity contribution in [3.63, 3.8) is 0 Å². The van der Waals surface area contributed by atoms with E-state index < -0.39 is 0 Å². The van der Waals surface area contributed by atoms with Gasteiger partial charge in [-0.15, -0.1) is 11.3 Å². The van der Waals surface area contributed by atoms with Crippen molar-refractivity contribution in [2.45, 2.75) is 13.0 Å². The van der Waals surface area contributed by atoms with Crippen LogP contribution in [0.3, 0.4) is 0 Å². The second-order valence-electron chi connectivity index (χ2n) is 3.12. The summed E-state index contributed by atoms with van der Waals surface area (Å²) in [6, 6.07) is 1.81. The fourth-order valence-corrected chi connectivity index (χ4v) is 1.96. The summed E-state index contributed by atoms with van der Waals surface area (Å²) in [5.74, 6) is 0. The summed E-state index contributed by atoms with van der Waals surface area (Å²) in [4.78, 5) is 8.24. The first kappa shape index (κ1) is 9.30. The van der Waals surface area contributed by atoms with Gasteiger partial charge in [0.2, 0.25) is 0 Å². The molecule has 0 saturated heterocycles. The third-order valence-electron chi connectivity index (χ3n) is 2.17. The average molecular weight is 205 g/mol. The van der Waals surface area contributed by atoms with E-state index in [1.165, 1.54) is 0 Å². The van der Waals surface area contributed by atoms with E-state index in [1.807, 2.05) is 24.6 Å². The van der Waals surface area contributed by atoms with Crippen LogP contribution in [0.1, 0.15) is 22.9 Å². The number of hydrogen-bond donors (Lipinski definition) is 1. The Hall–Kier alpha value is -1.26. The molecule has 14 heavy (non-hydrogen) atoms. The number of hydrogen-bond acceptors (Lipinski definition) is 4. The maximum absolute atomic E-state index is 6.08. The largest absolute Gasteiger partial charge is 0.319 e. The molecule has 0 saturated carbocycles. The van der Waals surface area contributed by atoms with Gasteiger partial charge in [0.25, 0.3) is 0 Å². The molecule has 3 nitrogen and oxygen atoms in total. The lowest BCUT2D eigenvalue weighted by atomic mass is 10.0. The Bertz CT molecular complexity index is 411. The van der Waals surface area contributed by atoms with Crippen molar-refractivity contribution in [1.82, 2.24) is 9.97 Å². The SMILES string of the molecule is Cc1cnccc1C(N)c1cscn1. The topological polar surface area (TPSA) is 51.8 Å². The van der Waals surface area contributed by atoms with E-state index in [0.29, 0.717) is 0 Å². The summed E-state index contributed by atoms with van der Waals surface area (Å²) in [6.07, 6.45) is 3.58. The quantitative estimate of drug-likeness (QED) is 0.814. The van der Waals surface area contributed by atoms with Crippen LogP contribution in [0.2, 0.25) is 0 Å². The van der Waals surface area contributed by atoms with Gasteiger partial charge >= 0.3 is 0 Å². The zero-order chi connectivity index (χ0) is 9.97. The molecule has 2 heterocycles. The highest BCUT2D eigenvalue weighted by atomic mass is 32.1. The van der Waals surface area contributed by atoms with Crippen LogP contribution in [0.4, 0.5) is 0 Å². The van der Waals surface area contributed by atoms with E-state index in [-0.39, 0.29) is 6.04 Å². The van der Waals surface area contributed by atoms with Gasteiger partial charge in [0.1, 0.15) is 0 Å². The number of pyridine rings is 1. The molecule has 1 atom stereocenters. The van der Waals surface area contributed by atoms with E-state index in [0.717, 1.165) is 16.8 Å². The van der Waals surface area contributed by atoms with Crippen molar-refractivity contribution in [1.29, 1.82) is 0 Å². The van der Waals surface area contributed by atoms with E-state index in [2.05, 4.69) is 9.97 Å². The zero-order valence-corrected chi connectivity index (χ0v) is 8.66. The summed E-state index contributed by atoms with van der Waals surface area (Å²) in [5.41, 5.74) is 11.0. The Balaban J connectivity index is 2.37. The van der Waals surface area contributed by atoms with Gasteiger partial charge in [-0.25, -0.2) is 4.98 Å². The molecular formula is C10H11N3S. The monoisotopic (exact) mass is 205 g/mol. The van der Waals surface area contributed by atoms with Crippen molar-refractivity contribution < 1.29 is 0 Å². The fraction of sp³-hybridized carbons (Fsp3) is 0.200. The van der Waals surface area contributed by atoms with Gasteiger partial charge in [-0.05, 0) is 24.1 Å². The summed E-state index contributed by atoms with van der Waals surface area (Å²) in [5, 5.41) is 1.98. The Kier molecular flexibility index (Phi) is 2.56. The second-order valence-corrected chi connectivity index (χ2v) is 3.84. The van der Waals surface area contributed by atoms with Crippen LogP contribution in [0.25, 0.3) is 0 Å². The first-order valence-electron chi connectivity index (χ1n) is 4.33. The fourth-order valence-electron chi connectivity index (χ4n) is 1.37. The Morgan fingerprint density at radius 1 is 1.50 bits per heavy atom. The van der Waals surface area contributed by atoms with E-state index in [1.54, 1.807) is 23.0 Å². The molecule has 0 radical (unpaired) electrons. The first-order valence-corrected chi connectivity index (χ1v) is 5.27. The van der Waals surface area contributed by atoms with Gasteiger partial charge in [-0.3, -0.25) is 4.98 Å². The van der Waals surface area contributed by atoms with Gasteiger partial charge in [-0.1, -0.05) is 0 Å². The minimum atomic E-state index is -0.135. The minimum Gasteiger partial charge on any atom is -0.319 e. The molecule has 0 bridgehead atoms. The molecule has 0 aliphatic rings. The maximum atomic E-state index is 6.08. The number of nitrogens with two attached hydrogens (primary N) is 1. The molecule has 0 spiro atoms. The third-order valence-corrected chi connectivity index (χ3v) is 2.77. The van der Waals surface area contributed by atoms with Crippen LogP contribution < -0.4 is 5.73 Å². The van der Waals surface area contributed by atoms with E-state index >= 15 is 0 Å². The smallest absolute Gasteiger partial charge is 0.0795 e. The predicted octanol–water partition coefficient (Wildman–Crippen LogP) is 1.89. The Morgan fingerprint density at radius 3 is 3.00 bits per heavy atom. The van der Waals surface area contributed by atoms with Gasteiger partial charge < -0.3 is 5.73 Å². The lowest BCUT2D eigenvalue weighted by Gasteiger charge is -2.11. The minimum absolute atomic E-state index is 0.135. The molecule has 1 unspecified atom stereocenters. The molecule has 0 fully saturated rings. The number of thiazole rings is 1. The van der Waals surface area contributed by atoms with Crippen molar-refractivity contribution in [3.8, 4) is 0 Å². The number of aryl methyl sites for hydroxylation is 1. The van der Waals surface area contributed by atoms with Crippen LogP contribution >= 0.6 is 11.3 Å². The molecule has 2 N–H and O–H groups in total. The molecule has 2 rings (SSSR count). The van der Waals surface area contributed by atoms with Crippen LogP contribution in [-0.4, -0.2) is 9.97 Å². The van der Waals surface area contributed by atoms with Crippen molar-refractivity contribution >= 4 is 11.3 Å². The molecule has 0 aliphatic carbocycles. The predicted molar refractivity (Wildman–Crippen MR) is 57.1 cm³/mol. The van der Waals surface area contributed by atoms with E-state index in [9.17, 15) is 0 Å². The lowest BCUT2D eigenvalue weighted by Crippen LogP contribution is -2.13. The molecule has 2 aromatic heterocycles. The summed E-state index contributed by atoms with van der Waals surface area (Å²) >= 11 is 1.56. The number of rotatable bonds is 2. The van der Waals surface area contributed by atoms with Gasteiger partial charge in [-0.2, -0.15) is 0 Å². The highest BCUT2D eigenvalue weighted by molar-refractivity contribution is 7.07. The first-order chi connectivity index (χ1) is 6.79. The van der Waals surface area contributed by atoms with Gasteiger partial charge in [0.05, 0.1) is 17.2 Å². The third kappa shape index (κ3) is 1.66. The van der Waals surface area contributed by atoms with Crippen molar-refractivity contribution in [2.24, 2.45) is 5.73 Å². The Morgan fingerprint density at radius 2 is 2.36 bits per heavy atom. The van der Waals surface area contributed by atoms with Crippen LogP contribution in [0.5, 0.6) is 0 Å². The van der Waals surface area contributed by atoms with Gasteiger partial charge in [0.15, 0.2) is 0 Å². The highest BCUT2D eigenvalue weighted by Crippen LogP contribution is 2.21. The lowest BCUT2D eigenvalue weighted by molar-refractivity contribution is 0.827. The van der Waals surface area contributed by atoms with E-state index in [4.69, 9.17) is 5.73 Å². The van der Waals surface area contributed by atoms with Gasteiger partial charge in [0, 0.05) is 17.8 Å². The summed E-state index contributed by atoms with van der Waals surface area (Å²) < 4.78 is 0. The molecule has 2 aromatic rings. The maximum Gasteiger partial charge on any atom is 0.0795 e. The summed E-state index contributed by atoms with van der Waals surface area (Å²) in [7, 11) is 0. The van der Waals surface area contributed by atoms with Crippen LogP contribution in [-0.2, 0) is 0 Å². The average Bonchev–Trinajstić information content (AvgIpc) is 2.70. The van der Waals surface area contributed by atoms with Crippen LogP contribution in [0.15, 0.2) is 29.4 Å².